The van der Waals surface area contributed by atoms with Crippen molar-refractivity contribution in [2.75, 3.05) is 0 Å². The van der Waals surface area contributed by atoms with Crippen LogP contribution in [0, 0.1) is 13.8 Å². The van der Waals surface area contributed by atoms with Crippen molar-refractivity contribution in [1.82, 2.24) is 14.0 Å². The minimum atomic E-state index is 0.965. The molecule has 0 bridgehead atoms. The van der Waals surface area contributed by atoms with Crippen molar-refractivity contribution >= 4 is 5.78 Å². The fourth-order valence-electron chi connectivity index (χ4n) is 3.52. The van der Waals surface area contributed by atoms with E-state index < -0.39 is 0 Å². The van der Waals surface area contributed by atoms with Gasteiger partial charge in [0.1, 0.15) is 12.7 Å². The molecule has 3 heterocycles. The van der Waals surface area contributed by atoms with Crippen LogP contribution in [0.1, 0.15) is 11.3 Å². The quantitative estimate of drug-likeness (QED) is 0.520. The van der Waals surface area contributed by atoms with E-state index in [1.165, 1.54) is 33.8 Å². The maximum atomic E-state index is 4.46. The predicted molar refractivity (Wildman–Crippen MR) is 95.7 cm³/mol. The fourth-order valence-corrected chi connectivity index (χ4v) is 3.52. The SMILES string of the molecule is Cc1cc(-c2c(C)n3ccnc3n2C)[n+](C)cc1-c1ccccc1. The van der Waals surface area contributed by atoms with Gasteiger partial charge in [0.15, 0.2) is 6.20 Å². The van der Waals surface area contributed by atoms with Gasteiger partial charge < -0.3 is 4.57 Å². The molecule has 0 atom stereocenters. The van der Waals surface area contributed by atoms with Gasteiger partial charge in [-0.1, -0.05) is 30.3 Å². The van der Waals surface area contributed by atoms with Crippen molar-refractivity contribution in [3.63, 3.8) is 0 Å². The summed E-state index contributed by atoms with van der Waals surface area (Å²) in [5.74, 6) is 0.965. The second kappa shape index (κ2) is 5.34. The normalized spacial score (nSPS) is 11.3. The van der Waals surface area contributed by atoms with Gasteiger partial charge >= 0.3 is 0 Å². The van der Waals surface area contributed by atoms with Crippen LogP contribution in [0.2, 0.25) is 0 Å². The molecule has 1 aromatic carbocycles. The van der Waals surface area contributed by atoms with Crippen LogP contribution in [0.3, 0.4) is 0 Å². The first-order valence-electron chi connectivity index (χ1n) is 8.12. The zero-order chi connectivity index (χ0) is 16.8. The number of hydrogen-bond acceptors (Lipinski definition) is 1. The van der Waals surface area contributed by atoms with Gasteiger partial charge in [-0.15, -0.1) is 0 Å². The molecule has 0 fully saturated rings. The summed E-state index contributed by atoms with van der Waals surface area (Å²) in [4.78, 5) is 4.46. The number of hydrogen-bond donors (Lipinski definition) is 0. The fraction of sp³-hybridized carbons (Fsp3) is 0.200. The predicted octanol–water partition coefficient (Wildman–Crippen LogP) is 3.45. The topological polar surface area (TPSA) is 26.1 Å². The Balaban J connectivity index is 1.93. The van der Waals surface area contributed by atoms with Crippen LogP contribution in [-0.4, -0.2) is 14.0 Å². The molecule has 120 valence electrons. The number of rotatable bonds is 2. The highest BCUT2D eigenvalue weighted by Crippen LogP contribution is 2.28. The van der Waals surface area contributed by atoms with E-state index in [1.807, 2.05) is 12.4 Å². The maximum absolute atomic E-state index is 4.46. The number of benzene rings is 1. The molecule has 0 saturated carbocycles. The van der Waals surface area contributed by atoms with Crippen molar-refractivity contribution in [3.8, 4) is 22.5 Å². The second-order valence-electron chi connectivity index (χ2n) is 6.32. The molecule has 4 nitrogen and oxygen atoms in total. The number of imidazole rings is 2. The minimum absolute atomic E-state index is 0.965. The first-order valence-corrected chi connectivity index (χ1v) is 8.12. The number of aryl methyl sites for hydroxylation is 4. The van der Waals surface area contributed by atoms with Gasteiger partial charge in [0.2, 0.25) is 11.5 Å². The van der Waals surface area contributed by atoms with E-state index in [1.54, 1.807) is 0 Å². The summed E-state index contributed by atoms with van der Waals surface area (Å²) in [6.07, 6.45) is 6.07. The van der Waals surface area contributed by atoms with Crippen molar-refractivity contribution in [2.45, 2.75) is 13.8 Å². The highest BCUT2D eigenvalue weighted by atomic mass is 15.2. The van der Waals surface area contributed by atoms with E-state index in [9.17, 15) is 0 Å². The molecular formula is C20H21N4+. The standard InChI is InChI=1S/C20H21N4/c1-14-12-18(19-15(2)24-11-10-21-20(24)23(19)4)22(3)13-17(14)16-8-6-5-7-9-16/h5-13H,1-4H3/q+1. The smallest absolute Gasteiger partial charge is 0.231 e. The van der Waals surface area contributed by atoms with E-state index >= 15 is 0 Å². The Morgan fingerprint density at radius 2 is 1.83 bits per heavy atom. The molecule has 3 aromatic heterocycles. The first-order chi connectivity index (χ1) is 11.6. The number of nitrogens with zero attached hydrogens (tertiary/aromatic N) is 4. The van der Waals surface area contributed by atoms with E-state index in [2.05, 4.69) is 89.1 Å². The minimum Gasteiger partial charge on any atom is -0.308 e. The molecule has 0 aliphatic rings. The molecule has 0 unspecified atom stereocenters. The molecule has 0 spiro atoms. The zero-order valence-electron chi connectivity index (χ0n) is 14.5. The molecule has 0 amide bonds. The number of aromatic nitrogens is 4. The highest BCUT2D eigenvalue weighted by Gasteiger charge is 2.22. The van der Waals surface area contributed by atoms with Crippen molar-refractivity contribution in [2.24, 2.45) is 14.1 Å². The van der Waals surface area contributed by atoms with Gasteiger partial charge in [-0.2, -0.15) is 4.57 Å². The summed E-state index contributed by atoms with van der Waals surface area (Å²) in [7, 11) is 4.18. The Hall–Kier alpha value is -2.88. The number of fused-ring (bicyclic) bond motifs is 1. The monoisotopic (exact) mass is 317 g/mol. The third kappa shape index (κ3) is 2.07. The third-order valence-corrected chi connectivity index (χ3v) is 4.77. The molecule has 4 aromatic rings. The average Bonchev–Trinajstić information content (AvgIpc) is 3.15. The Bertz CT molecular complexity index is 1000. The summed E-state index contributed by atoms with van der Waals surface area (Å²) < 4.78 is 6.50. The molecule has 0 saturated heterocycles. The highest BCUT2D eigenvalue weighted by molar-refractivity contribution is 5.69. The lowest BCUT2D eigenvalue weighted by molar-refractivity contribution is -0.660. The Morgan fingerprint density at radius 3 is 2.54 bits per heavy atom. The first kappa shape index (κ1) is 14.7. The van der Waals surface area contributed by atoms with Crippen LogP contribution in [0.4, 0.5) is 0 Å². The van der Waals surface area contributed by atoms with Crippen LogP contribution in [0.5, 0.6) is 0 Å². The molecule has 0 N–H and O–H groups in total. The molecule has 0 radical (unpaired) electrons. The molecule has 0 aliphatic heterocycles. The second-order valence-corrected chi connectivity index (χ2v) is 6.32. The molecule has 4 rings (SSSR count). The summed E-state index contributed by atoms with van der Waals surface area (Å²) >= 11 is 0. The van der Waals surface area contributed by atoms with Crippen LogP contribution in [0.25, 0.3) is 28.3 Å². The Labute approximate surface area is 141 Å². The van der Waals surface area contributed by atoms with Gasteiger partial charge in [-0.05, 0) is 25.0 Å². The molecule has 24 heavy (non-hydrogen) atoms. The van der Waals surface area contributed by atoms with Crippen molar-refractivity contribution in [1.29, 1.82) is 0 Å². The van der Waals surface area contributed by atoms with E-state index in [-0.39, 0.29) is 0 Å². The van der Waals surface area contributed by atoms with Crippen LogP contribution < -0.4 is 4.57 Å². The summed E-state index contributed by atoms with van der Waals surface area (Å²) in [6.45, 7) is 4.32. The third-order valence-electron chi connectivity index (χ3n) is 4.77. The zero-order valence-corrected chi connectivity index (χ0v) is 14.5. The summed E-state index contributed by atoms with van der Waals surface area (Å²) in [6, 6.07) is 12.8. The van der Waals surface area contributed by atoms with Crippen LogP contribution in [0.15, 0.2) is 55.0 Å². The average molecular weight is 317 g/mol. The lowest BCUT2D eigenvalue weighted by Crippen LogP contribution is -2.32. The lowest BCUT2D eigenvalue weighted by Gasteiger charge is -2.09. The Kier molecular flexibility index (Phi) is 3.27. The van der Waals surface area contributed by atoms with Crippen LogP contribution in [-0.2, 0) is 14.1 Å². The van der Waals surface area contributed by atoms with Crippen molar-refractivity contribution < 1.29 is 4.57 Å². The van der Waals surface area contributed by atoms with E-state index in [0.717, 1.165) is 5.78 Å². The number of pyridine rings is 1. The van der Waals surface area contributed by atoms with Crippen molar-refractivity contribution in [3.05, 3.63) is 66.2 Å². The molecular weight excluding hydrogens is 296 g/mol. The largest absolute Gasteiger partial charge is 0.308 e. The molecule has 4 heteroatoms. The van der Waals surface area contributed by atoms with Gasteiger partial charge in [0.25, 0.3) is 0 Å². The Morgan fingerprint density at radius 1 is 1.08 bits per heavy atom. The van der Waals surface area contributed by atoms with Gasteiger partial charge in [-0.25, -0.2) is 4.98 Å². The van der Waals surface area contributed by atoms with Gasteiger partial charge in [-0.3, -0.25) is 4.40 Å². The summed E-state index contributed by atoms with van der Waals surface area (Å²) in [5, 5.41) is 0. The van der Waals surface area contributed by atoms with Gasteiger partial charge in [0, 0.05) is 31.1 Å². The van der Waals surface area contributed by atoms with E-state index in [0.29, 0.717) is 0 Å². The lowest BCUT2D eigenvalue weighted by atomic mass is 10.0. The van der Waals surface area contributed by atoms with Crippen LogP contribution >= 0.6 is 0 Å². The summed E-state index contributed by atoms with van der Waals surface area (Å²) in [5.41, 5.74) is 7.37. The maximum Gasteiger partial charge on any atom is 0.231 e. The van der Waals surface area contributed by atoms with Gasteiger partial charge in [0.05, 0.1) is 5.69 Å². The molecule has 0 aliphatic carbocycles. The van der Waals surface area contributed by atoms with E-state index in [4.69, 9.17) is 0 Å².